The van der Waals surface area contributed by atoms with E-state index < -0.39 is 0 Å². The molecule has 1 fully saturated rings. The summed E-state index contributed by atoms with van der Waals surface area (Å²) in [5, 5.41) is 11.0. The molecule has 16 heavy (non-hydrogen) atoms. The smallest absolute Gasteiger partial charge is 0.220 e. The van der Waals surface area contributed by atoms with Gasteiger partial charge in [-0.05, 0) is 25.7 Å². The zero-order valence-corrected chi connectivity index (χ0v) is 10.2. The molecule has 0 spiro atoms. The van der Waals surface area contributed by atoms with Crippen LogP contribution in [0.5, 0.6) is 0 Å². The van der Waals surface area contributed by atoms with Gasteiger partial charge in [-0.25, -0.2) is 0 Å². The van der Waals surface area contributed by atoms with Crippen LogP contribution in [-0.4, -0.2) is 17.6 Å². The van der Waals surface area contributed by atoms with Crippen molar-refractivity contribution >= 4 is 5.91 Å². The molecule has 0 aromatic carbocycles. The van der Waals surface area contributed by atoms with E-state index >= 15 is 0 Å². The molecule has 1 saturated carbocycles. The van der Waals surface area contributed by atoms with E-state index in [4.69, 9.17) is 0 Å². The molecule has 0 radical (unpaired) electrons. The molecule has 1 heterocycles. The Morgan fingerprint density at radius 2 is 2.06 bits per heavy atom. The van der Waals surface area contributed by atoms with Gasteiger partial charge < -0.3 is 5.32 Å². The average Bonchev–Trinajstić information content (AvgIpc) is 2.98. The highest BCUT2D eigenvalue weighted by Crippen LogP contribution is 2.32. The molecule has 2 aliphatic rings. The van der Waals surface area contributed by atoms with Crippen molar-refractivity contribution in [3.8, 4) is 0 Å². The normalized spacial score (nSPS) is 31.1. The Hall–Kier alpha value is -0.930. The van der Waals surface area contributed by atoms with E-state index in [1.165, 1.54) is 19.3 Å². The minimum atomic E-state index is -0.241. The summed E-state index contributed by atoms with van der Waals surface area (Å²) in [7, 11) is 0. The van der Waals surface area contributed by atoms with E-state index in [1.54, 1.807) is 0 Å². The predicted molar refractivity (Wildman–Crippen MR) is 62.1 cm³/mol. The van der Waals surface area contributed by atoms with Crippen LogP contribution in [0.15, 0.2) is 10.2 Å². The van der Waals surface area contributed by atoms with Crippen molar-refractivity contribution in [1.82, 2.24) is 5.32 Å². The Kier molecular flexibility index (Phi) is 3.26. The Morgan fingerprint density at radius 1 is 1.38 bits per heavy atom. The van der Waals surface area contributed by atoms with Crippen molar-refractivity contribution in [2.75, 3.05) is 0 Å². The molecule has 0 saturated heterocycles. The fraction of sp³-hybridized carbons (Fsp3) is 0.917. The van der Waals surface area contributed by atoms with Crippen LogP contribution in [0.3, 0.4) is 0 Å². The van der Waals surface area contributed by atoms with E-state index in [0.29, 0.717) is 18.4 Å². The van der Waals surface area contributed by atoms with Crippen LogP contribution in [0.25, 0.3) is 0 Å². The fourth-order valence-electron chi connectivity index (χ4n) is 2.35. The minimum Gasteiger partial charge on any atom is -0.353 e. The molecule has 0 bridgehead atoms. The van der Waals surface area contributed by atoms with E-state index in [1.807, 2.05) is 6.92 Å². The molecular formula is C12H21N3O. The SMILES string of the molecule is CC1CCCCC1NC(=O)CCC1(C)N=N1. The van der Waals surface area contributed by atoms with Gasteiger partial charge in [-0.3, -0.25) is 4.79 Å². The first-order chi connectivity index (χ1) is 7.59. The van der Waals surface area contributed by atoms with Crippen molar-refractivity contribution in [1.29, 1.82) is 0 Å². The first-order valence-corrected chi connectivity index (χ1v) is 6.32. The topological polar surface area (TPSA) is 53.8 Å². The maximum Gasteiger partial charge on any atom is 0.220 e. The number of amides is 1. The van der Waals surface area contributed by atoms with Crippen LogP contribution >= 0.6 is 0 Å². The summed E-state index contributed by atoms with van der Waals surface area (Å²) in [4.78, 5) is 11.7. The lowest BCUT2D eigenvalue weighted by atomic mass is 9.86. The summed E-state index contributed by atoms with van der Waals surface area (Å²) in [6, 6.07) is 0.391. The number of nitrogens with one attached hydrogen (secondary N) is 1. The first-order valence-electron chi connectivity index (χ1n) is 6.32. The summed E-state index contributed by atoms with van der Waals surface area (Å²) in [5.74, 6) is 0.792. The third-order valence-corrected chi connectivity index (χ3v) is 3.72. The van der Waals surface area contributed by atoms with Crippen LogP contribution in [0.2, 0.25) is 0 Å². The summed E-state index contributed by atoms with van der Waals surface area (Å²) in [6.07, 6.45) is 6.24. The maximum absolute atomic E-state index is 11.7. The largest absolute Gasteiger partial charge is 0.353 e. The highest BCUT2D eigenvalue weighted by Gasteiger charge is 2.34. The highest BCUT2D eigenvalue weighted by molar-refractivity contribution is 5.76. The first kappa shape index (κ1) is 11.6. The minimum absolute atomic E-state index is 0.164. The Labute approximate surface area is 96.9 Å². The molecule has 0 aromatic rings. The van der Waals surface area contributed by atoms with Crippen LogP contribution in [0, 0.1) is 5.92 Å². The van der Waals surface area contributed by atoms with Crippen molar-refractivity contribution in [2.24, 2.45) is 16.1 Å². The van der Waals surface area contributed by atoms with Gasteiger partial charge in [0.2, 0.25) is 5.91 Å². The van der Waals surface area contributed by atoms with E-state index in [-0.39, 0.29) is 11.6 Å². The van der Waals surface area contributed by atoms with Crippen LogP contribution in [0.1, 0.15) is 52.4 Å². The molecule has 4 nitrogen and oxygen atoms in total. The molecule has 2 rings (SSSR count). The molecule has 1 aliphatic heterocycles. The molecule has 90 valence electrons. The maximum atomic E-state index is 11.7. The number of carbonyl (C=O) groups is 1. The number of nitrogens with zero attached hydrogens (tertiary/aromatic N) is 2. The van der Waals surface area contributed by atoms with Crippen molar-refractivity contribution in [3.05, 3.63) is 0 Å². The lowest BCUT2D eigenvalue weighted by Crippen LogP contribution is -2.41. The van der Waals surface area contributed by atoms with Crippen LogP contribution in [-0.2, 0) is 4.79 Å². The molecule has 2 unspecified atom stereocenters. The lowest BCUT2D eigenvalue weighted by Gasteiger charge is -2.29. The van der Waals surface area contributed by atoms with Gasteiger partial charge in [0.1, 0.15) is 0 Å². The molecule has 1 amide bonds. The number of carbonyl (C=O) groups excluding carboxylic acids is 1. The summed E-state index contributed by atoms with van der Waals surface area (Å²) in [6.45, 7) is 4.19. The molecular weight excluding hydrogens is 202 g/mol. The molecule has 4 heteroatoms. The van der Waals surface area contributed by atoms with Gasteiger partial charge in [0.05, 0.1) is 0 Å². The van der Waals surface area contributed by atoms with Gasteiger partial charge in [0, 0.05) is 18.9 Å². The Balaban J connectivity index is 1.69. The molecule has 2 atom stereocenters. The summed E-state index contributed by atoms with van der Waals surface area (Å²) in [5.41, 5.74) is -0.241. The number of hydrogen-bond acceptors (Lipinski definition) is 3. The summed E-state index contributed by atoms with van der Waals surface area (Å²) >= 11 is 0. The second-order valence-electron chi connectivity index (χ2n) is 5.35. The van der Waals surface area contributed by atoms with Gasteiger partial charge in [-0.15, -0.1) is 0 Å². The van der Waals surface area contributed by atoms with Crippen molar-refractivity contribution < 1.29 is 4.79 Å². The standard InChI is InChI=1S/C12H21N3O/c1-9-5-3-4-6-10(9)13-11(16)7-8-12(2)14-15-12/h9-10H,3-8H2,1-2H3,(H,13,16). The van der Waals surface area contributed by atoms with Crippen LogP contribution in [0.4, 0.5) is 0 Å². The van der Waals surface area contributed by atoms with Gasteiger partial charge in [0.15, 0.2) is 5.66 Å². The second kappa shape index (κ2) is 4.52. The van der Waals surface area contributed by atoms with Crippen LogP contribution < -0.4 is 5.32 Å². The number of rotatable bonds is 4. The van der Waals surface area contributed by atoms with Gasteiger partial charge in [-0.2, -0.15) is 10.2 Å². The fourth-order valence-corrected chi connectivity index (χ4v) is 2.35. The second-order valence-corrected chi connectivity index (χ2v) is 5.35. The van der Waals surface area contributed by atoms with E-state index in [2.05, 4.69) is 22.5 Å². The van der Waals surface area contributed by atoms with Gasteiger partial charge in [-0.1, -0.05) is 19.8 Å². The average molecular weight is 223 g/mol. The van der Waals surface area contributed by atoms with E-state index in [0.717, 1.165) is 12.8 Å². The van der Waals surface area contributed by atoms with Gasteiger partial charge in [0.25, 0.3) is 0 Å². The lowest BCUT2D eigenvalue weighted by molar-refractivity contribution is -0.122. The molecule has 1 N–H and O–H groups in total. The highest BCUT2D eigenvalue weighted by atomic mass is 16.1. The third kappa shape index (κ3) is 3.03. The quantitative estimate of drug-likeness (QED) is 0.782. The Bertz CT molecular complexity index is 295. The van der Waals surface area contributed by atoms with Crippen molar-refractivity contribution in [3.63, 3.8) is 0 Å². The number of hydrogen-bond donors (Lipinski definition) is 1. The zero-order valence-electron chi connectivity index (χ0n) is 10.2. The molecule has 0 aromatic heterocycles. The summed E-state index contributed by atoms with van der Waals surface area (Å²) < 4.78 is 0. The third-order valence-electron chi connectivity index (χ3n) is 3.72. The monoisotopic (exact) mass is 223 g/mol. The Morgan fingerprint density at radius 3 is 2.69 bits per heavy atom. The molecule has 1 aliphatic carbocycles. The van der Waals surface area contributed by atoms with E-state index in [9.17, 15) is 4.79 Å². The zero-order chi connectivity index (χ0) is 11.6. The van der Waals surface area contributed by atoms with Gasteiger partial charge >= 0.3 is 0 Å². The van der Waals surface area contributed by atoms with Crippen molar-refractivity contribution in [2.45, 2.75) is 64.1 Å². The predicted octanol–water partition coefficient (Wildman–Crippen LogP) is 2.64.